The highest BCUT2D eigenvalue weighted by Crippen LogP contribution is 2.35. The van der Waals surface area contributed by atoms with Crippen molar-refractivity contribution in [3.63, 3.8) is 0 Å². The molecule has 0 amide bonds. The van der Waals surface area contributed by atoms with Crippen LogP contribution in [-0.2, 0) is 7.05 Å². The molecule has 2 aromatic rings. The molecule has 1 aromatic heterocycles. The van der Waals surface area contributed by atoms with Gasteiger partial charge in [0.1, 0.15) is 17.5 Å². The Bertz CT molecular complexity index is 624. The molecule has 1 aromatic carbocycles. The average Bonchev–Trinajstić information content (AvgIpc) is 2.72. The van der Waals surface area contributed by atoms with Gasteiger partial charge in [-0.25, -0.2) is 13.8 Å². The summed E-state index contributed by atoms with van der Waals surface area (Å²) in [4.78, 5) is 4.50. The number of hydrogen-bond donors (Lipinski definition) is 0. The second kappa shape index (κ2) is 5.00. The maximum atomic E-state index is 13.8. The van der Waals surface area contributed by atoms with Crippen LogP contribution in [0.5, 0.6) is 0 Å². The fraction of sp³-hybridized carbons (Fsp3) is 0.438. The fourth-order valence-corrected chi connectivity index (χ4v) is 2.09. The lowest BCUT2D eigenvalue weighted by Crippen LogP contribution is -2.18. The Kier molecular flexibility index (Phi) is 3.67. The number of nitrogens with zero attached hydrogens (tertiary/aromatic N) is 2. The van der Waals surface area contributed by atoms with Crippen LogP contribution >= 0.6 is 0 Å². The Morgan fingerprint density at radius 2 is 1.85 bits per heavy atom. The third-order valence-electron chi connectivity index (χ3n) is 3.80. The Balaban J connectivity index is 2.49. The second-order valence-electron chi connectivity index (χ2n) is 6.31. The molecule has 0 aliphatic carbocycles. The SMILES string of the molecule is C[C@@H](c1nc(-c2cc(F)ccc2F)cn1C)C(C)(C)C. The van der Waals surface area contributed by atoms with Crippen molar-refractivity contribution in [1.82, 2.24) is 9.55 Å². The summed E-state index contributed by atoms with van der Waals surface area (Å²) in [6.07, 6.45) is 1.75. The van der Waals surface area contributed by atoms with Crippen LogP contribution in [0, 0.1) is 17.0 Å². The van der Waals surface area contributed by atoms with Gasteiger partial charge in [-0.05, 0) is 23.6 Å². The number of aryl methyl sites for hydroxylation is 1. The molecule has 0 spiro atoms. The molecular formula is C16H20F2N2. The highest BCUT2D eigenvalue weighted by atomic mass is 19.1. The molecule has 4 heteroatoms. The van der Waals surface area contributed by atoms with Gasteiger partial charge >= 0.3 is 0 Å². The van der Waals surface area contributed by atoms with E-state index in [9.17, 15) is 8.78 Å². The summed E-state index contributed by atoms with van der Waals surface area (Å²) in [5, 5.41) is 0. The molecule has 0 bridgehead atoms. The minimum atomic E-state index is -0.461. The van der Waals surface area contributed by atoms with E-state index in [1.54, 1.807) is 6.20 Å². The number of benzene rings is 1. The lowest BCUT2D eigenvalue weighted by atomic mass is 9.81. The van der Waals surface area contributed by atoms with Gasteiger partial charge in [0.2, 0.25) is 0 Å². The molecule has 0 aliphatic heterocycles. The predicted octanol–water partition coefficient (Wildman–Crippen LogP) is 4.51. The normalized spacial score (nSPS) is 13.6. The van der Waals surface area contributed by atoms with E-state index >= 15 is 0 Å². The third-order valence-corrected chi connectivity index (χ3v) is 3.80. The summed E-state index contributed by atoms with van der Waals surface area (Å²) < 4.78 is 29.0. The zero-order valence-electron chi connectivity index (χ0n) is 12.5. The molecule has 20 heavy (non-hydrogen) atoms. The van der Waals surface area contributed by atoms with E-state index in [1.807, 2.05) is 11.6 Å². The summed E-state index contributed by atoms with van der Waals surface area (Å²) >= 11 is 0. The topological polar surface area (TPSA) is 17.8 Å². The van der Waals surface area contributed by atoms with Crippen LogP contribution in [0.4, 0.5) is 8.78 Å². The van der Waals surface area contributed by atoms with Gasteiger partial charge in [-0.2, -0.15) is 0 Å². The van der Waals surface area contributed by atoms with E-state index in [0.717, 1.165) is 18.0 Å². The first-order valence-corrected chi connectivity index (χ1v) is 6.69. The Labute approximate surface area is 118 Å². The summed E-state index contributed by atoms with van der Waals surface area (Å²) in [5.41, 5.74) is 0.722. The second-order valence-corrected chi connectivity index (χ2v) is 6.31. The lowest BCUT2D eigenvalue weighted by molar-refractivity contribution is 0.323. The van der Waals surface area contributed by atoms with Crippen molar-refractivity contribution in [1.29, 1.82) is 0 Å². The van der Waals surface area contributed by atoms with Gasteiger partial charge in [-0.3, -0.25) is 0 Å². The Hall–Kier alpha value is -1.71. The zero-order chi connectivity index (χ0) is 15.1. The molecule has 0 N–H and O–H groups in total. The van der Waals surface area contributed by atoms with Gasteiger partial charge in [0, 0.05) is 24.7 Å². The first kappa shape index (κ1) is 14.7. The number of halogens is 2. The Morgan fingerprint density at radius 3 is 2.45 bits per heavy atom. The molecule has 0 unspecified atom stereocenters. The quantitative estimate of drug-likeness (QED) is 0.790. The molecule has 0 fully saturated rings. The van der Waals surface area contributed by atoms with Crippen molar-refractivity contribution in [2.24, 2.45) is 12.5 Å². The molecule has 108 valence electrons. The van der Waals surface area contributed by atoms with Crippen LogP contribution in [0.25, 0.3) is 11.3 Å². The first-order valence-electron chi connectivity index (χ1n) is 6.69. The molecule has 0 saturated heterocycles. The summed E-state index contributed by atoms with van der Waals surface area (Å²) in [6.45, 7) is 8.49. The van der Waals surface area contributed by atoms with Gasteiger partial charge < -0.3 is 4.57 Å². The minimum absolute atomic E-state index is 0.0524. The Morgan fingerprint density at radius 1 is 1.20 bits per heavy atom. The van der Waals surface area contributed by atoms with E-state index in [4.69, 9.17) is 0 Å². The lowest BCUT2D eigenvalue weighted by Gasteiger charge is -2.26. The van der Waals surface area contributed by atoms with Crippen molar-refractivity contribution in [2.75, 3.05) is 0 Å². The van der Waals surface area contributed by atoms with Crippen molar-refractivity contribution < 1.29 is 8.78 Å². The zero-order valence-corrected chi connectivity index (χ0v) is 12.5. The van der Waals surface area contributed by atoms with Crippen LogP contribution in [0.1, 0.15) is 39.4 Å². The molecule has 1 atom stereocenters. The molecule has 0 aliphatic rings. The summed E-state index contributed by atoms with van der Waals surface area (Å²) in [7, 11) is 1.88. The van der Waals surface area contributed by atoms with Crippen LogP contribution < -0.4 is 0 Å². The fourth-order valence-electron chi connectivity index (χ4n) is 2.09. The van der Waals surface area contributed by atoms with Crippen LogP contribution in [0.15, 0.2) is 24.4 Å². The third kappa shape index (κ3) is 2.74. The van der Waals surface area contributed by atoms with E-state index in [2.05, 4.69) is 32.7 Å². The van der Waals surface area contributed by atoms with E-state index in [1.165, 1.54) is 6.07 Å². The summed E-state index contributed by atoms with van der Waals surface area (Å²) in [6, 6.07) is 3.43. The van der Waals surface area contributed by atoms with Crippen molar-refractivity contribution in [3.05, 3.63) is 41.9 Å². The van der Waals surface area contributed by atoms with Crippen molar-refractivity contribution in [2.45, 2.75) is 33.6 Å². The molecular weight excluding hydrogens is 258 g/mol. The maximum Gasteiger partial charge on any atom is 0.132 e. The van der Waals surface area contributed by atoms with E-state index < -0.39 is 11.6 Å². The van der Waals surface area contributed by atoms with Crippen LogP contribution in [-0.4, -0.2) is 9.55 Å². The number of aromatic nitrogens is 2. The highest BCUT2D eigenvalue weighted by Gasteiger charge is 2.26. The van der Waals surface area contributed by atoms with Crippen molar-refractivity contribution in [3.8, 4) is 11.3 Å². The standard InChI is InChI=1S/C16H20F2N2/c1-10(16(2,3)4)15-19-14(9-20(15)5)12-8-11(17)6-7-13(12)18/h6-10H,1-5H3/t10-/m0/s1. The smallest absolute Gasteiger partial charge is 0.132 e. The average molecular weight is 278 g/mol. The van der Waals surface area contributed by atoms with Gasteiger partial charge in [-0.15, -0.1) is 0 Å². The molecule has 0 saturated carbocycles. The van der Waals surface area contributed by atoms with E-state index in [0.29, 0.717) is 5.69 Å². The predicted molar refractivity (Wildman–Crippen MR) is 76.4 cm³/mol. The van der Waals surface area contributed by atoms with E-state index in [-0.39, 0.29) is 16.9 Å². The molecule has 1 heterocycles. The monoisotopic (exact) mass is 278 g/mol. The largest absolute Gasteiger partial charge is 0.337 e. The minimum Gasteiger partial charge on any atom is -0.337 e. The first-order chi connectivity index (χ1) is 9.20. The molecule has 2 nitrogen and oxygen atoms in total. The van der Waals surface area contributed by atoms with Gasteiger partial charge in [-0.1, -0.05) is 27.7 Å². The van der Waals surface area contributed by atoms with Gasteiger partial charge in [0.25, 0.3) is 0 Å². The molecule has 0 radical (unpaired) electrons. The van der Waals surface area contributed by atoms with Gasteiger partial charge in [0.05, 0.1) is 5.69 Å². The highest BCUT2D eigenvalue weighted by molar-refractivity contribution is 5.59. The van der Waals surface area contributed by atoms with Crippen molar-refractivity contribution >= 4 is 0 Å². The number of rotatable bonds is 2. The number of hydrogen-bond acceptors (Lipinski definition) is 1. The van der Waals surface area contributed by atoms with Gasteiger partial charge in [0.15, 0.2) is 0 Å². The number of imidazole rings is 1. The summed E-state index contributed by atoms with van der Waals surface area (Å²) in [5.74, 6) is 0.158. The molecule has 2 rings (SSSR count). The van der Waals surface area contributed by atoms with Crippen LogP contribution in [0.3, 0.4) is 0 Å². The van der Waals surface area contributed by atoms with Crippen LogP contribution in [0.2, 0.25) is 0 Å². The maximum absolute atomic E-state index is 13.8.